The molecular weight excluding hydrogens is 350 g/mol. The normalized spacial score (nSPS) is 15.6. The number of hydrogen-bond donors (Lipinski definition) is 3. The van der Waals surface area contributed by atoms with E-state index in [2.05, 4.69) is 15.4 Å². The first-order chi connectivity index (χ1) is 12.6. The van der Waals surface area contributed by atoms with E-state index in [9.17, 15) is 8.42 Å². The highest BCUT2D eigenvalue weighted by molar-refractivity contribution is 7.89. The molecule has 0 radical (unpaired) electrons. The molecule has 3 N–H and O–H groups in total. The van der Waals surface area contributed by atoms with Crippen molar-refractivity contribution in [2.24, 2.45) is 0 Å². The number of methoxy groups -OCH3 is 1. The molecule has 1 heterocycles. The van der Waals surface area contributed by atoms with Gasteiger partial charge in [0.25, 0.3) is 0 Å². The van der Waals surface area contributed by atoms with Gasteiger partial charge in [0.2, 0.25) is 10.0 Å². The molecule has 0 saturated carbocycles. The number of anilines is 1. The smallest absolute Gasteiger partial charge is 0.240 e. The van der Waals surface area contributed by atoms with Gasteiger partial charge in [0.15, 0.2) is 0 Å². The number of ether oxygens (including phenoxy) is 1. The van der Waals surface area contributed by atoms with Crippen LogP contribution in [0.15, 0.2) is 53.4 Å². The molecule has 7 heteroatoms. The molecule has 0 amide bonds. The van der Waals surface area contributed by atoms with E-state index in [1.54, 1.807) is 25.3 Å². The van der Waals surface area contributed by atoms with Crippen molar-refractivity contribution in [1.29, 1.82) is 0 Å². The first kappa shape index (κ1) is 18.7. The van der Waals surface area contributed by atoms with Gasteiger partial charge in [-0.3, -0.25) is 0 Å². The zero-order valence-electron chi connectivity index (χ0n) is 14.9. The molecule has 140 valence electrons. The molecule has 1 aliphatic heterocycles. The molecule has 0 unspecified atom stereocenters. The Labute approximate surface area is 155 Å². The van der Waals surface area contributed by atoms with Crippen LogP contribution < -0.4 is 20.1 Å². The molecule has 26 heavy (non-hydrogen) atoms. The summed E-state index contributed by atoms with van der Waals surface area (Å²) in [5.74, 6) is 0.644. The minimum absolute atomic E-state index is 0.227. The van der Waals surface area contributed by atoms with Gasteiger partial charge in [-0.1, -0.05) is 30.3 Å². The number of rotatable bonds is 7. The van der Waals surface area contributed by atoms with E-state index in [4.69, 9.17) is 4.74 Å². The summed E-state index contributed by atoms with van der Waals surface area (Å²) >= 11 is 0. The van der Waals surface area contributed by atoms with E-state index in [1.807, 2.05) is 30.3 Å². The van der Waals surface area contributed by atoms with Crippen LogP contribution in [0.25, 0.3) is 0 Å². The standard InChI is InChI=1S/C19H25N3O3S/c1-25-19-8-7-17(13-18(19)22-16-9-11-20-12-10-16)26(23,24)21-14-15-5-3-2-4-6-15/h2-8,13,16,20-22H,9-12,14H2,1H3. The molecule has 0 spiro atoms. The van der Waals surface area contributed by atoms with Crippen LogP contribution in [0.5, 0.6) is 5.75 Å². The summed E-state index contributed by atoms with van der Waals surface area (Å²) in [5.41, 5.74) is 1.62. The number of nitrogens with one attached hydrogen (secondary N) is 3. The summed E-state index contributed by atoms with van der Waals surface area (Å²) < 4.78 is 33.4. The Bertz CT molecular complexity index is 819. The lowest BCUT2D eigenvalue weighted by atomic mass is 10.1. The van der Waals surface area contributed by atoms with Gasteiger partial charge in [0.05, 0.1) is 17.7 Å². The first-order valence-electron chi connectivity index (χ1n) is 8.77. The lowest BCUT2D eigenvalue weighted by molar-refractivity contribution is 0.413. The summed E-state index contributed by atoms with van der Waals surface area (Å²) in [5, 5.41) is 6.75. The third-order valence-corrected chi connectivity index (χ3v) is 5.89. The maximum absolute atomic E-state index is 12.7. The maximum atomic E-state index is 12.7. The lowest BCUT2D eigenvalue weighted by Crippen LogP contribution is -2.35. The highest BCUT2D eigenvalue weighted by atomic mass is 32.2. The van der Waals surface area contributed by atoms with Crippen molar-refractivity contribution in [3.05, 3.63) is 54.1 Å². The molecule has 3 rings (SSSR count). The van der Waals surface area contributed by atoms with Gasteiger partial charge >= 0.3 is 0 Å². The average molecular weight is 375 g/mol. The van der Waals surface area contributed by atoms with Crippen molar-refractivity contribution in [2.45, 2.75) is 30.3 Å². The summed E-state index contributed by atoms with van der Waals surface area (Å²) in [6, 6.07) is 14.7. The highest BCUT2D eigenvalue weighted by Gasteiger charge is 2.19. The molecule has 6 nitrogen and oxygen atoms in total. The van der Waals surface area contributed by atoms with Crippen molar-refractivity contribution in [3.8, 4) is 5.75 Å². The van der Waals surface area contributed by atoms with Crippen molar-refractivity contribution < 1.29 is 13.2 Å². The van der Waals surface area contributed by atoms with Crippen LogP contribution in [0, 0.1) is 0 Å². The second kappa shape index (κ2) is 8.53. The summed E-state index contributed by atoms with van der Waals surface area (Å²) in [7, 11) is -2.02. The minimum atomic E-state index is -3.60. The molecule has 0 aliphatic carbocycles. The van der Waals surface area contributed by atoms with Crippen LogP contribution in [0.4, 0.5) is 5.69 Å². The third-order valence-electron chi connectivity index (χ3n) is 4.49. The fourth-order valence-corrected chi connectivity index (χ4v) is 4.05. The van der Waals surface area contributed by atoms with Crippen LogP contribution in [-0.4, -0.2) is 34.7 Å². The van der Waals surface area contributed by atoms with Crippen molar-refractivity contribution in [1.82, 2.24) is 10.0 Å². The fourth-order valence-electron chi connectivity index (χ4n) is 3.01. The molecule has 0 atom stereocenters. The zero-order chi connectivity index (χ0) is 18.4. The van der Waals surface area contributed by atoms with E-state index in [1.165, 1.54) is 0 Å². The Morgan fingerprint density at radius 2 is 1.85 bits per heavy atom. The van der Waals surface area contributed by atoms with Crippen LogP contribution in [-0.2, 0) is 16.6 Å². The summed E-state index contributed by atoms with van der Waals surface area (Å²) in [6.45, 7) is 2.17. The first-order valence-corrected chi connectivity index (χ1v) is 10.3. The molecule has 2 aromatic rings. The van der Waals surface area contributed by atoms with Gasteiger partial charge < -0.3 is 15.4 Å². The number of piperidine rings is 1. The van der Waals surface area contributed by atoms with Gasteiger partial charge in [0.1, 0.15) is 5.75 Å². The lowest BCUT2D eigenvalue weighted by Gasteiger charge is -2.25. The molecule has 1 fully saturated rings. The van der Waals surface area contributed by atoms with Crippen molar-refractivity contribution >= 4 is 15.7 Å². The Balaban J connectivity index is 1.76. The second-order valence-corrected chi connectivity index (χ2v) is 8.11. The van der Waals surface area contributed by atoms with Gasteiger partial charge in [-0.2, -0.15) is 0 Å². The topological polar surface area (TPSA) is 79.5 Å². The van der Waals surface area contributed by atoms with E-state index < -0.39 is 10.0 Å². The summed E-state index contributed by atoms with van der Waals surface area (Å²) in [6.07, 6.45) is 1.98. The quantitative estimate of drug-likeness (QED) is 0.692. The van der Waals surface area contributed by atoms with E-state index in [0.717, 1.165) is 31.5 Å². The fraction of sp³-hybridized carbons (Fsp3) is 0.368. The minimum Gasteiger partial charge on any atom is -0.495 e. The van der Waals surface area contributed by atoms with Gasteiger partial charge in [-0.25, -0.2) is 13.1 Å². The zero-order valence-corrected chi connectivity index (χ0v) is 15.7. The SMILES string of the molecule is COc1ccc(S(=O)(=O)NCc2ccccc2)cc1NC1CCNCC1. The van der Waals surface area contributed by atoms with Gasteiger partial charge in [-0.05, 0) is 49.7 Å². The van der Waals surface area contributed by atoms with Crippen molar-refractivity contribution in [2.75, 3.05) is 25.5 Å². The van der Waals surface area contributed by atoms with Crippen LogP contribution in [0.1, 0.15) is 18.4 Å². The van der Waals surface area contributed by atoms with E-state index in [-0.39, 0.29) is 11.4 Å². The van der Waals surface area contributed by atoms with Gasteiger partial charge in [0, 0.05) is 12.6 Å². The number of hydrogen-bond acceptors (Lipinski definition) is 5. The largest absolute Gasteiger partial charge is 0.495 e. The highest BCUT2D eigenvalue weighted by Crippen LogP contribution is 2.29. The van der Waals surface area contributed by atoms with Crippen molar-refractivity contribution in [3.63, 3.8) is 0 Å². The summed E-state index contributed by atoms with van der Waals surface area (Å²) in [4.78, 5) is 0.227. The monoisotopic (exact) mass is 375 g/mol. The van der Waals surface area contributed by atoms with E-state index >= 15 is 0 Å². The van der Waals surface area contributed by atoms with Crippen LogP contribution in [0.2, 0.25) is 0 Å². The predicted molar refractivity (Wildman–Crippen MR) is 103 cm³/mol. The number of benzene rings is 2. The number of sulfonamides is 1. The molecule has 0 aromatic heterocycles. The second-order valence-electron chi connectivity index (χ2n) is 6.34. The molecule has 2 aromatic carbocycles. The van der Waals surface area contributed by atoms with Crippen LogP contribution in [0.3, 0.4) is 0 Å². The Kier molecular flexibility index (Phi) is 6.13. The molecule has 0 bridgehead atoms. The van der Waals surface area contributed by atoms with Crippen LogP contribution >= 0.6 is 0 Å². The molecular formula is C19H25N3O3S. The Morgan fingerprint density at radius 3 is 2.54 bits per heavy atom. The molecule has 1 aliphatic rings. The Morgan fingerprint density at radius 1 is 1.12 bits per heavy atom. The third kappa shape index (κ3) is 4.75. The Hall–Kier alpha value is -2.09. The average Bonchev–Trinajstić information content (AvgIpc) is 2.68. The van der Waals surface area contributed by atoms with Gasteiger partial charge in [-0.15, -0.1) is 0 Å². The maximum Gasteiger partial charge on any atom is 0.240 e. The predicted octanol–water partition coefficient (Wildman–Crippen LogP) is 2.34. The molecule has 1 saturated heterocycles. The van der Waals surface area contributed by atoms with E-state index in [0.29, 0.717) is 17.5 Å².